The van der Waals surface area contributed by atoms with Gasteiger partial charge >= 0.3 is 0 Å². The average Bonchev–Trinajstić information content (AvgIpc) is 2.97. The van der Waals surface area contributed by atoms with Gasteiger partial charge in [-0.1, -0.05) is 15.9 Å². The van der Waals surface area contributed by atoms with Gasteiger partial charge in [0.25, 0.3) is 0 Å². The maximum atomic E-state index is 10.2. The van der Waals surface area contributed by atoms with Crippen molar-refractivity contribution in [3.05, 3.63) is 27.7 Å². The largest absolute Gasteiger partial charge is 0.467 e. The minimum absolute atomic E-state index is 0.298. The second kappa shape index (κ2) is 3.20. The van der Waals surface area contributed by atoms with Crippen molar-refractivity contribution < 1.29 is 14.6 Å². The van der Waals surface area contributed by atoms with Gasteiger partial charge in [0.15, 0.2) is 6.79 Å². The van der Waals surface area contributed by atoms with Crippen LogP contribution < -0.4 is 4.74 Å². The van der Waals surface area contributed by atoms with Gasteiger partial charge in [-0.2, -0.15) is 0 Å². The first-order valence-electron chi connectivity index (χ1n) is 4.95. The monoisotopic (exact) mass is 270 g/mol. The zero-order chi connectivity index (χ0) is 10.5. The summed E-state index contributed by atoms with van der Waals surface area (Å²) in [5, 5.41) is 10.2. The van der Waals surface area contributed by atoms with E-state index in [1.54, 1.807) is 0 Å². The van der Waals surface area contributed by atoms with E-state index in [-0.39, 0.29) is 0 Å². The Morgan fingerprint density at radius 3 is 2.87 bits per heavy atom. The fraction of sp³-hybridized carbons (Fsp3) is 0.455. The van der Waals surface area contributed by atoms with Gasteiger partial charge in [0.1, 0.15) is 5.75 Å². The first-order chi connectivity index (χ1) is 7.21. The summed E-state index contributed by atoms with van der Waals surface area (Å²) in [6.07, 6.45) is 1.64. The van der Waals surface area contributed by atoms with E-state index in [1.165, 1.54) is 0 Å². The Labute approximate surface area is 96.1 Å². The van der Waals surface area contributed by atoms with E-state index in [0.29, 0.717) is 13.4 Å². The topological polar surface area (TPSA) is 38.7 Å². The van der Waals surface area contributed by atoms with Crippen molar-refractivity contribution in [1.82, 2.24) is 0 Å². The second-order valence-corrected chi connectivity index (χ2v) is 4.90. The molecule has 0 atom stereocenters. The molecule has 1 aliphatic carbocycles. The molecule has 15 heavy (non-hydrogen) atoms. The molecule has 3 nitrogen and oxygen atoms in total. The van der Waals surface area contributed by atoms with Crippen molar-refractivity contribution in [1.29, 1.82) is 0 Å². The fourth-order valence-corrected chi connectivity index (χ4v) is 2.74. The zero-order valence-electron chi connectivity index (χ0n) is 8.12. The molecule has 3 rings (SSSR count). The van der Waals surface area contributed by atoms with Crippen LogP contribution in [0.4, 0.5) is 0 Å². The lowest BCUT2D eigenvalue weighted by molar-refractivity contribution is -0.0185. The van der Waals surface area contributed by atoms with E-state index in [0.717, 1.165) is 34.2 Å². The van der Waals surface area contributed by atoms with Gasteiger partial charge in [-0.05, 0) is 25.0 Å². The van der Waals surface area contributed by atoms with Crippen LogP contribution in [0.2, 0.25) is 0 Å². The summed E-state index contributed by atoms with van der Waals surface area (Å²) < 4.78 is 11.6. The number of ether oxygens (including phenoxy) is 2. The summed E-state index contributed by atoms with van der Waals surface area (Å²) in [5.74, 6) is 0.833. The molecule has 1 aliphatic heterocycles. The Kier molecular flexibility index (Phi) is 2.06. The highest BCUT2D eigenvalue weighted by Gasteiger charge is 2.45. The van der Waals surface area contributed by atoms with E-state index in [1.807, 2.05) is 12.1 Å². The van der Waals surface area contributed by atoms with Crippen LogP contribution in [0.1, 0.15) is 24.0 Å². The van der Waals surface area contributed by atoms with Crippen LogP contribution in [-0.4, -0.2) is 11.9 Å². The standard InChI is InChI=1S/C11H11BrO3/c12-8-1-2-9-7(5-14-6-15-9)10(8)11(13)3-4-11/h1-2,13H,3-6H2. The zero-order valence-corrected chi connectivity index (χ0v) is 9.71. The van der Waals surface area contributed by atoms with Gasteiger partial charge in [0.2, 0.25) is 0 Å². The molecule has 80 valence electrons. The lowest BCUT2D eigenvalue weighted by Gasteiger charge is -2.23. The van der Waals surface area contributed by atoms with E-state index < -0.39 is 5.60 Å². The van der Waals surface area contributed by atoms with Crippen molar-refractivity contribution in [2.75, 3.05) is 6.79 Å². The third kappa shape index (κ3) is 1.48. The minimum atomic E-state index is -0.658. The number of hydrogen-bond acceptors (Lipinski definition) is 3. The third-order valence-electron chi connectivity index (χ3n) is 2.95. The summed E-state index contributed by atoms with van der Waals surface area (Å²) in [7, 11) is 0. The molecule has 0 saturated heterocycles. The molecule has 1 aromatic carbocycles. The molecule has 1 saturated carbocycles. The van der Waals surface area contributed by atoms with Crippen LogP contribution >= 0.6 is 15.9 Å². The number of halogens is 1. The molecule has 1 N–H and O–H groups in total. The first kappa shape index (κ1) is 9.63. The SMILES string of the molecule is OC1(c2c(Br)ccc3c2COCO3)CC1. The fourth-order valence-electron chi connectivity index (χ4n) is 2.00. The first-order valence-corrected chi connectivity index (χ1v) is 5.75. The minimum Gasteiger partial charge on any atom is -0.467 e. The van der Waals surface area contributed by atoms with E-state index in [2.05, 4.69) is 15.9 Å². The normalized spacial score (nSPS) is 21.7. The number of rotatable bonds is 1. The van der Waals surface area contributed by atoms with Crippen molar-refractivity contribution in [2.45, 2.75) is 25.0 Å². The van der Waals surface area contributed by atoms with Crippen LogP contribution in [0, 0.1) is 0 Å². The van der Waals surface area contributed by atoms with Gasteiger partial charge in [-0.15, -0.1) is 0 Å². The van der Waals surface area contributed by atoms with Crippen LogP contribution in [0.15, 0.2) is 16.6 Å². The lowest BCUT2D eigenvalue weighted by Crippen LogP contribution is -2.17. The molecule has 4 heteroatoms. The Hall–Kier alpha value is -0.580. The summed E-state index contributed by atoms with van der Waals surface area (Å²) in [6, 6.07) is 3.84. The summed E-state index contributed by atoms with van der Waals surface area (Å²) in [6.45, 7) is 0.818. The molecule has 0 bridgehead atoms. The summed E-state index contributed by atoms with van der Waals surface area (Å²) in [5.41, 5.74) is 1.27. The van der Waals surface area contributed by atoms with Crippen molar-refractivity contribution >= 4 is 15.9 Å². The van der Waals surface area contributed by atoms with Crippen molar-refractivity contribution in [2.24, 2.45) is 0 Å². The quantitative estimate of drug-likeness (QED) is 0.851. The van der Waals surface area contributed by atoms with Crippen LogP contribution in [0.5, 0.6) is 5.75 Å². The molecule has 1 aromatic rings. The molecule has 0 amide bonds. The Balaban J connectivity index is 2.18. The molecule has 0 unspecified atom stereocenters. The van der Waals surface area contributed by atoms with Gasteiger partial charge in [0.05, 0.1) is 12.2 Å². The molecule has 0 radical (unpaired) electrons. The highest BCUT2D eigenvalue weighted by molar-refractivity contribution is 9.10. The highest BCUT2D eigenvalue weighted by Crippen LogP contribution is 2.51. The Morgan fingerprint density at radius 2 is 2.13 bits per heavy atom. The van der Waals surface area contributed by atoms with Gasteiger partial charge < -0.3 is 14.6 Å². The van der Waals surface area contributed by atoms with Crippen LogP contribution in [-0.2, 0) is 16.9 Å². The number of benzene rings is 1. The summed E-state index contributed by atoms with van der Waals surface area (Å²) in [4.78, 5) is 0. The summed E-state index contributed by atoms with van der Waals surface area (Å²) >= 11 is 3.48. The maximum absolute atomic E-state index is 10.2. The average molecular weight is 271 g/mol. The highest BCUT2D eigenvalue weighted by atomic mass is 79.9. The Morgan fingerprint density at radius 1 is 1.33 bits per heavy atom. The third-order valence-corrected chi connectivity index (χ3v) is 3.61. The predicted molar refractivity (Wildman–Crippen MR) is 57.6 cm³/mol. The molecule has 1 fully saturated rings. The van der Waals surface area contributed by atoms with E-state index in [4.69, 9.17) is 9.47 Å². The predicted octanol–water partition coefficient (Wildman–Crippen LogP) is 2.30. The molecule has 1 heterocycles. The van der Waals surface area contributed by atoms with Gasteiger partial charge in [0, 0.05) is 15.6 Å². The van der Waals surface area contributed by atoms with E-state index in [9.17, 15) is 5.11 Å². The molecular weight excluding hydrogens is 260 g/mol. The molecular formula is C11H11BrO3. The van der Waals surface area contributed by atoms with Crippen molar-refractivity contribution in [3.63, 3.8) is 0 Å². The lowest BCUT2D eigenvalue weighted by atomic mass is 10.00. The maximum Gasteiger partial charge on any atom is 0.189 e. The molecule has 0 aromatic heterocycles. The second-order valence-electron chi connectivity index (χ2n) is 4.04. The number of hydrogen-bond donors (Lipinski definition) is 1. The van der Waals surface area contributed by atoms with Gasteiger partial charge in [-0.3, -0.25) is 0 Å². The van der Waals surface area contributed by atoms with Gasteiger partial charge in [-0.25, -0.2) is 0 Å². The smallest absolute Gasteiger partial charge is 0.189 e. The number of aliphatic hydroxyl groups is 1. The van der Waals surface area contributed by atoms with E-state index >= 15 is 0 Å². The van der Waals surface area contributed by atoms with Crippen molar-refractivity contribution in [3.8, 4) is 5.75 Å². The molecule has 0 spiro atoms. The molecule has 2 aliphatic rings. The van der Waals surface area contributed by atoms with Crippen LogP contribution in [0.3, 0.4) is 0 Å². The Bertz CT molecular complexity index is 413. The van der Waals surface area contributed by atoms with Crippen LogP contribution in [0.25, 0.3) is 0 Å². The number of fused-ring (bicyclic) bond motifs is 1.